The lowest BCUT2D eigenvalue weighted by Crippen LogP contribution is -2.40. The molecule has 0 heterocycles. The van der Waals surface area contributed by atoms with Crippen LogP contribution >= 0.6 is 12.2 Å². The van der Waals surface area contributed by atoms with E-state index in [-0.39, 0.29) is 0 Å². The first kappa shape index (κ1) is 19.5. The third kappa shape index (κ3) is 6.90. The van der Waals surface area contributed by atoms with E-state index in [0.717, 1.165) is 23.5 Å². The zero-order valence-corrected chi connectivity index (χ0v) is 16.0. The lowest BCUT2D eigenvalue weighted by molar-refractivity contribution is 0.277. The van der Waals surface area contributed by atoms with Gasteiger partial charge in [0.25, 0.3) is 0 Å². The fraction of sp³-hybridized carbons (Fsp3) is 0.579. The Labute approximate surface area is 156 Å². The standard InChI is InChI=1S/C19H29N3O2S/c1-3-12-24-17-11-10-15(13-18(17)23-4-2)14-20-22-19(25)21-16-8-6-5-7-9-16/h10-11,13-14,16H,3-9,12H2,1-2H3,(H2,21,22,25)/b20-14-. The molecule has 0 unspecified atom stereocenters. The van der Waals surface area contributed by atoms with E-state index in [9.17, 15) is 0 Å². The summed E-state index contributed by atoms with van der Waals surface area (Å²) in [5.74, 6) is 1.51. The normalized spacial score (nSPS) is 15.1. The first-order chi connectivity index (χ1) is 12.2. The molecule has 0 atom stereocenters. The maximum absolute atomic E-state index is 5.71. The van der Waals surface area contributed by atoms with E-state index in [1.165, 1.54) is 32.1 Å². The highest BCUT2D eigenvalue weighted by Crippen LogP contribution is 2.28. The van der Waals surface area contributed by atoms with Gasteiger partial charge in [-0.3, -0.25) is 5.43 Å². The van der Waals surface area contributed by atoms with Gasteiger partial charge in [0.2, 0.25) is 0 Å². The molecular formula is C19H29N3O2S. The molecule has 0 spiro atoms. The van der Waals surface area contributed by atoms with Crippen molar-refractivity contribution in [3.8, 4) is 11.5 Å². The van der Waals surface area contributed by atoms with Gasteiger partial charge in [-0.1, -0.05) is 26.2 Å². The number of nitrogens with one attached hydrogen (secondary N) is 2. The summed E-state index contributed by atoms with van der Waals surface area (Å²) < 4.78 is 11.4. The zero-order valence-electron chi connectivity index (χ0n) is 15.2. The molecule has 2 N–H and O–H groups in total. The molecule has 2 rings (SSSR count). The van der Waals surface area contributed by atoms with Crippen molar-refractivity contribution in [3.63, 3.8) is 0 Å². The topological polar surface area (TPSA) is 54.9 Å². The van der Waals surface area contributed by atoms with E-state index in [1.54, 1.807) is 6.21 Å². The largest absolute Gasteiger partial charge is 0.490 e. The van der Waals surface area contributed by atoms with Crippen LogP contribution in [0.4, 0.5) is 0 Å². The molecule has 1 aliphatic rings. The van der Waals surface area contributed by atoms with E-state index in [0.29, 0.717) is 24.4 Å². The van der Waals surface area contributed by atoms with E-state index in [2.05, 4.69) is 22.8 Å². The Kier molecular flexibility index (Phi) is 8.52. The average molecular weight is 364 g/mol. The minimum atomic E-state index is 0.475. The number of ether oxygens (including phenoxy) is 2. The van der Waals surface area contributed by atoms with Gasteiger partial charge in [0.15, 0.2) is 16.6 Å². The zero-order chi connectivity index (χ0) is 17.9. The Morgan fingerprint density at radius 1 is 1.20 bits per heavy atom. The van der Waals surface area contributed by atoms with E-state index >= 15 is 0 Å². The molecule has 1 aliphatic carbocycles. The summed E-state index contributed by atoms with van der Waals surface area (Å²) in [6, 6.07) is 6.28. The number of thiocarbonyl (C=S) groups is 1. The van der Waals surface area contributed by atoms with Gasteiger partial charge in [0, 0.05) is 6.04 Å². The Morgan fingerprint density at radius 3 is 2.72 bits per heavy atom. The predicted molar refractivity (Wildman–Crippen MR) is 107 cm³/mol. The average Bonchev–Trinajstić information content (AvgIpc) is 2.62. The third-order valence-corrected chi connectivity index (χ3v) is 4.26. The summed E-state index contributed by atoms with van der Waals surface area (Å²) in [6.45, 7) is 5.31. The molecule has 1 aromatic rings. The fourth-order valence-corrected chi connectivity index (χ4v) is 3.05. The summed E-state index contributed by atoms with van der Waals surface area (Å²) in [6.07, 6.45) is 8.94. The molecule has 0 amide bonds. The van der Waals surface area contributed by atoms with Crippen LogP contribution in [0.2, 0.25) is 0 Å². The second-order valence-electron chi connectivity index (χ2n) is 6.17. The van der Waals surface area contributed by atoms with Gasteiger partial charge < -0.3 is 14.8 Å². The molecule has 6 heteroatoms. The number of hydrogen-bond acceptors (Lipinski definition) is 4. The number of hydrogen-bond donors (Lipinski definition) is 2. The number of hydrazone groups is 1. The molecule has 0 radical (unpaired) electrons. The van der Waals surface area contributed by atoms with Gasteiger partial charge in [0.05, 0.1) is 19.4 Å². The smallest absolute Gasteiger partial charge is 0.187 e. The van der Waals surface area contributed by atoms with Gasteiger partial charge >= 0.3 is 0 Å². The monoisotopic (exact) mass is 363 g/mol. The number of nitrogens with zero attached hydrogens (tertiary/aromatic N) is 1. The highest BCUT2D eigenvalue weighted by atomic mass is 32.1. The Morgan fingerprint density at radius 2 is 2.00 bits per heavy atom. The highest BCUT2D eigenvalue weighted by Gasteiger charge is 2.13. The van der Waals surface area contributed by atoms with Crippen molar-refractivity contribution in [3.05, 3.63) is 23.8 Å². The van der Waals surface area contributed by atoms with Crippen LogP contribution in [0.5, 0.6) is 11.5 Å². The summed E-state index contributed by atoms with van der Waals surface area (Å²) in [5, 5.41) is 8.14. The predicted octanol–water partition coefficient (Wildman–Crippen LogP) is 4.00. The van der Waals surface area contributed by atoms with Crippen molar-refractivity contribution < 1.29 is 9.47 Å². The van der Waals surface area contributed by atoms with Crippen molar-refractivity contribution in [1.29, 1.82) is 0 Å². The van der Waals surface area contributed by atoms with Crippen LogP contribution in [0.3, 0.4) is 0 Å². The SMILES string of the molecule is CCCOc1ccc(/C=N\NC(=S)NC2CCCCC2)cc1OCC. The number of benzene rings is 1. The van der Waals surface area contributed by atoms with Crippen molar-refractivity contribution in [2.75, 3.05) is 13.2 Å². The van der Waals surface area contributed by atoms with Crippen LogP contribution < -0.4 is 20.2 Å². The fourth-order valence-electron chi connectivity index (χ4n) is 2.83. The van der Waals surface area contributed by atoms with Crippen molar-refractivity contribution in [2.24, 2.45) is 5.10 Å². The molecule has 0 bridgehead atoms. The Bertz CT molecular complexity index is 572. The number of rotatable bonds is 8. The van der Waals surface area contributed by atoms with E-state index in [1.807, 2.05) is 25.1 Å². The quantitative estimate of drug-likeness (QED) is 0.415. The first-order valence-corrected chi connectivity index (χ1v) is 9.63. The first-order valence-electron chi connectivity index (χ1n) is 9.22. The van der Waals surface area contributed by atoms with Gasteiger partial charge in [-0.25, -0.2) is 0 Å². The lowest BCUT2D eigenvalue weighted by atomic mass is 9.96. The highest BCUT2D eigenvalue weighted by molar-refractivity contribution is 7.80. The minimum absolute atomic E-state index is 0.475. The summed E-state index contributed by atoms with van der Waals surface area (Å²) in [4.78, 5) is 0. The van der Waals surface area contributed by atoms with Crippen LogP contribution in [0, 0.1) is 0 Å². The van der Waals surface area contributed by atoms with Crippen LogP contribution in [-0.2, 0) is 0 Å². The maximum atomic E-state index is 5.71. The lowest BCUT2D eigenvalue weighted by Gasteiger charge is -2.23. The molecule has 0 aromatic heterocycles. The van der Waals surface area contributed by atoms with Gasteiger partial charge in [-0.05, 0) is 62.2 Å². The molecule has 1 saturated carbocycles. The maximum Gasteiger partial charge on any atom is 0.187 e. The summed E-state index contributed by atoms with van der Waals surface area (Å²) in [7, 11) is 0. The summed E-state index contributed by atoms with van der Waals surface area (Å²) >= 11 is 5.31. The molecule has 0 saturated heterocycles. The molecule has 1 fully saturated rings. The van der Waals surface area contributed by atoms with Crippen molar-refractivity contribution in [1.82, 2.24) is 10.7 Å². The third-order valence-electron chi connectivity index (χ3n) is 4.05. The van der Waals surface area contributed by atoms with Crippen molar-refractivity contribution >= 4 is 23.5 Å². The van der Waals surface area contributed by atoms with Gasteiger partial charge in [-0.2, -0.15) is 5.10 Å². The van der Waals surface area contributed by atoms with Gasteiger partial charge in [0.1, 0.15) is 0 Å². The molecule has 0 aliphatic heterocycles. The second kappa shape index (κ2) is 10.9. The second-order valence-corrected chi connectivity index (χ2v) is 6.57. The van der Waals surface area contributed by atoms with Crippen LogP contribution in [0.1, 0.15) is 57.9 Å². The Hall–Kier alpha value is -1.82. The summed E-state index contributed by atoms with van der Waals surface area (Å²) in [5.41, 5.74) is 3.83. The van der Waals surface area contributed by atoms with E-state index < -0.39 is 0 Å². The minimum Gasteiger partial charge on any atom is -0.490 e. The molecule has 25 heavy (non-hydrogen) atoms. The van der Waals surface area contributed by atoms with Crippen LogP contribution in [-0.4, -0.2) is 30.6 Å². The molecular weight excluding hydrogens is 334 g/mol. The van der Waals surface area contributed by atoms with Crippen LogP contribution in [0.15, 0.2) is 23.3 Å². The van der Waals surface area contributed by atoms with Gasteiger partial charge in [-0.15, -0.1) is 0 Å². The van der Waals surface area contributed by atoms with Crippen LogP contribution in [0.25, 0.3) is 0 Å². The molecule has 1 aromatic carbocycles. The van der Waals surface area contributed by atoms with Crippen molar-refractivity contribution in [2.45, 2.75) is 58.4 Å². The molecule has 5 nitrogen and oxygen atoms in total. The Balaban J connectivity index is 1.88. The molecule has 138 valence electrons. The van der Waals surface area contributed by atoms with E-state index in [4.69, 9.17) is 21.7 Å².